The molecule has 1 aromatic carbocycles. The summed E-state index contributed by atoms with van der Waals surface area (Å²) in [6.45, 7) is 4.98. The molecular weight excluding hydrogens is 250 g/mol. The third-order valence-electron chi connectivity index (χ3n) is 4.63. The number of benzene rings is 1. The molecule has 0 radical (unpaired) electrons. The summed E-state index contributed by atoms with van der Waals surface area (Å²) in [6, 6.07) is 8.95. The molecule has 0 aliphatic carbocycles. The molecule has 0 spiro atoms. The number of aryl methyl sites for hydroxylation is 1. The second-order valence-corrected chi connectivity index (χ2v) is 6.10. The van der Waals surface area contributed by atoms with Crippen molar-refractivity contribution in [3.8, 4) is 0 Å². The van der Waals surface area contributed by atoms with Crippen LogP contribution >= 0.6 is 0 Å². The summed E-state index contributed by atoms with van der Waals surface area (Å²) in [4.78, 5) is 2.48. The van der Waals surface area contributed by atoms with Crippen LogP contribution in [0.2, 0.25) is 0 Å². The van der Waals surface area contributed by atoms with Crippen LogP contribution in [0.25, 0.3) is 0 Å². The van der Waals surface area contributed by atoms with Crippen molar-refractivity contribution >= 4 is 0 Å². The molecule has 1 N–H and O–H groups in total. The highest BCUT2D eigenvalue weighted by Gasteiger charge is 2.35. The van der Waals surface area contributed by atoms with Gasteiger partial charge in [-0.25, -0.2) is 0 Å². The molecule has 3 nitrogen and oxygen atoms in total. The van der Waals surface area contributed by atoms with Crippen LogP contribution < -0.4 is 0 Å². The third-order valence-corrected chi connectivity index (χ3v) is 4.63. The van der Waals surface area contributed by atoms with Crippen LogP contribution in [0.4, 0.5) is 0 Å². The zero-order valence-corrected chi connectivity index (χ0v) is 12.3. The van der Waals surface area contributed by atoms with E-state index >= 15 is 0 Å². The highest BCUT2D eigenvalue weighted by atomic mass is 16.5. The fourth-order valence-corrected chi connectivity index (χ4v) is 3.42. The van der Waals surface area contributed by atoms with Crippen molar-refractivity contribution in [2.45, 2.75) is 50.9 Å². The zero-order chi connectivity index (χ0) is 13.9. The maximum Gasteiger partial charge on any atom is 0.106 e. The molecule has 0 aromatic heterocycles. The predicted molar refractivity (Wildman–Crippen MR) is 79.7 cm³/mol. The number of fused-ring (bicyclic) bond motifs is 1. The summed E-state index contributed by atoms with van der Waals surface area (Å²) in [7, 11) is 0. The number of morpholine rings is 1. The van der Waals surface area contributed by atoms with Crippen molar-refractivity contribution in [3.63, 3.8) is 0 Å². The monoisotopic (exact) mass is 275 g/mol. The zero-order valence-electron chi connectivity index (χ0n) is 12.3. The molecule has 3 unspecified atom stereocenters. The Labute approximate surface area is 121 Å². The van der Waals surface area contributed by atoms with Gasteiger partial charge in [0.15, 0.2) is 0 Å². The summed E-state index contributed by atoms with van der Waals surface area (Å²) in [5, 5.41) is 10.5. The molecule has 3 atom stereocenters. The van der Waals surface area contributed by atoms with E-state index in [0.717, 1.165) is 38.1 Å². The Kier molecular flexibility index (Phi) is 4.39. The van der Waals surface area contributed by atoms with Crippen molar-refractivity contribution in [1.82, 2.24) is 4.90 Å². The van der Waals surface area contributed by atoms with Gasteiger partial charge in [-0.1, -0.05) is 37.6 Å². The highest BCUT2D eigenvalue weighted by molar-refractivity contribution is 5.25. The van der Waals surface area contributed by atoms with E-state index in [1.807, 2.05) is 0 Å². The van der Waals surface area contributed by atoms with Gasteiger partial charge in [-0.3, -0.25) is 4.90 Å². The number of aliphatic hydroxyl groups excluding tert-OH is 1. The van der Waals surface area contributed by atoms with Gasteiger partial charge in [0.05, 0.1) is 6.61 Å². The molecule has 1 aromatic rings. The first-order valence-corrected chi connectivity index (χ1v) is 7.90. The molecule has 0 saturated carbocycles. The van der Waals surface area contributed by atoms with Crippen LogP contribution in [0.15, 0.2) is 24.3 Å². The summed E-state index contributed by atoms with van der Waals surface area (Å²) >= 11 is 0. The Morgan fingerprint density at radius 1 is 1.35 bits per heavy atom. The van der Waals surface area contributed by atoms with Crippen molar-refractivity contribution < 1.29 is 9.84 Å². The SMILES string of the molecule is CCCc1ccc(C(O)C2CN3CCCC3CO2)cc1. The molecule has 20 heavy (non-hydrogen) atoms. The standard InChI is InChI=1S/C17H25NO2/c1-2-4-13-6-8-14(9-7-13)17(19)16-11-18-10-3-5-15(18)12-20-16/h6-9,15-17,19H,2-5,10-12H2,1H3. The van der Waals surface area contributed by atoms with Gasteiger partial charge in [0.2, 0.25) is 0 Å². The van der Waals surface area contributed by atoms with Gasteiger partial charge in [-0.2, -0.15) is 0 Å². The topological polar surface area (TPSA) is 32.7 Å². The van der Waals surface area contributed by atoms with E-state index in [2.05, 4.69) is 36.1 Å². The van der Waals surface area contributed by atoms with E-state index in [-0.39, 0.29) is 6.10 Å². The third kappa shape index (κ3) is 2.90. The van der Waals surface area contributed by atoms with Crippen LogP contribution in [0.3, 0.4) is 0 Å². The van der Waals surface area contributed by atoms with Crippen LogP contribution in [-0.4, -0.2) is 41.8 Å². The van der Waals surface area contributed by atoms with Gasteiger partial charge in [-0.15, -0.1) is 0 Å². The molecule has 3 heteroatoms. The fourth-order valence-electron chi connectivity index (χ4n) is 3.42. The first kappa shape index (κ1) is 14.1. The minimum absolute atomic E-state index is 0.0821. The second kappa shape index (κ2) is 6.25. The number of rotatable bonds is 4. The number of hydrogen-bond donors (Lipinski definition) is 1. The number of ether oxygens (including phenoxy) is 1. The smallest absolute Gasteiger partial charge is 0.106 e. The van der Waals surface area contributed by atoms with E-state index in [1.165, 1.54) is 18.4 Å². The normalized spacial score (nSPS) is 28.3. The first-order chi connectivity index (χ1) is 9.78. The van der Waals surface area contributed by atoms with Crippen LogP contribution in [0.1, 0.15) is 43.4 Å². The summed E-state index contributed by atoms with van der Waals surface area (Å²) in [5.41, 5.74) is 2.32. The highest BCUT2D eigenvalue weighted by Crippen LogP contribution is 2.28. The van der Waals surface area contributed by atoms with Gasteiger partial charge < -0.3 is 9.84 Å². The van der Waals surface area contributed by atoms with Gasteiger partial charge in [0.1, 0.15) is 12.2 Å². The molecular formula is C17H25NO2. The molecule has 110 valence electrons. The summed E-state index contributed by atoms with van der Waals surface area (Å²) in [5.74, 6) is 0. The lowest BCUT2D eigenvalue weighted by Gasteiger charge is -2.37. The Bertz CT molecular complexity index is 431. The largest absolute Gasteiger partial charge is 0.386 e. The number of hydrogen-bond acceptors (Lipinski definition) is 3. The Balaban J connectivity index is 1.64. The molecule has 2 fully saturated rings. The van der Waals surface area contributed by atoms with Crippen molar-refractivity contribution in [1.29, 1.82) is 0 Å². The van der Waals surface area contributed by atoms with Crippen LogP contribution in [-0.2, 0) is 11.2 Å². The Morgan fingerprint density at radius 2 is 2.15 bits per heavy atom. The lowest BCUT2D eigenvalue weighted by atomic mass is 10.00. The van der Waals surface area contributed by atoms with Gasteiger partial charge in [-0.05, 0) is 36.9 Å². The number of aliphatic hydroxyl groups is 1. The van der Waals surface area contributed by atoms with Crippen LogP contribution in [0.5, 0.6) is 0 Å². The molecule has 2 aliphatic rings. The fraction of sp³-hybridized carbons (Fsp3) is 0.647. The molecule has 3 rings (SSSR count). The molecule has 2 aliphatic heterocycles. The summed E-state index contributed by atoms with van der Waals surface area (Å²) < 4.78 is 5.89. The van der Waals surface area contributed by atoms with E-state index in [0.29, 0.717) is 6.04 Å². The maximum absolute atomic E-state index is 10.5. The molecule has 0 bridgehead atoms. The molecule has 0 amide bonds. The van der Waals surface area contributed by atoms with Gasteiger partial charge in [0, 0.05) is 12.6 Å². The first-order valence-electron chi connectivity index (χ1n) is 7.90. The second-order valence-electron chi connectivity index (χ2n) is 6.10. The minimum atomic E-state index is -0.507. The van der Waals surface area contributed by atoms with Crippen molar-refractivity contribution in [2.24, 2.45) is 0 Å². The lowest BCUT2D eigenvalue weighted by Crippen LogP contribution is -2.48. The predicted octanol–water partition coefficient (Wildman–Crippen LogP) is 2.54. The van der Waals surface area contributed by atoms with Crippen molar-refractivity contribution in [3.05, 3.63) is 35.4 Å². The van der Waals surface area contributed by atoms with E-state index in [4.69, 9.17) is 4.74 Å². The van der Waals surface area contributed by atoms with E-state index in [9.17, 15) is 5.11 Å². The van der Waals surface area contributed by atoms with Crippen molar-refractivity contribution in [2.75, 3.05) is 19.7 Å². The van der Waals surface area contributed by atoms with E-state index in [1.54, 1.807) is 0 Å². The average molecular weight is 275 g/mol. The molecule has 2 heterocycles. The molecule has 2 saturated heterocycles. The summed E-state index contributed by atoms with van der Waals surface area (Å²) in [6.07, 6.45) is 4.18. The van der Waals surface area contributed by atoms with Gasteiger partial charge in [0.25, 0.3) is 0 Å². The van der Waals surface area contributed by atoms with Crippen LogP contribution in [0, 0.1) is 0 Å². The van der Waals surface area contributed by atoms with Gasteiger partial charge >= 0.3 is 0 Å². The Morgan fingerprint density at radius 3 is 2.90 bits per heavy atom. The number of nitrogens with zero attached hydrogens (tertiary/aromatic N) is 1. The van der Waals surface area contributed by atoms with E-state index < -0.39 is 6.10 Å². The minimum Gasteiger partial charge on any atom is -0.386 e. The quantitative estimate of drug-likeness (QED) is 0.916. The average Bonchev–Trinajstić information content (AvgIpc) is 2.95. The lowest BCUT2D eigenvalue weighted by molar-refractivity contribution is -0.103. The maximum atomic E-state index is 10.5. The Hall–Kier alpha value is -0.900.